The van der Waals surface area contributed by atoms with Gasteiger partial charge in [-0.05, 0) is 31.0 Å². The van der Waals surface area contributed by atoms with Crippen LogP contribution in [0.4, 0.5) is 5.69 Å². The van der Waals surface area contributed by atoms with Crippen LogP contribution in [0.15, 0.2) is 36.8 Å². The normalized spacial score (nSPS) is 16.1. The third kappa shape index (κ3) is 4.32. The van der Waals surface area contributed by atoms with E-state index in [1.165, 1.54) is 0 Å². The fourth-order valence-corrected chi connectivity index (χ4v) is 3.84. The summed E-state index contributed by atoms with van der Waals surface area (Å²) < 4.78 is 3.48. The number of fused-ring (bicyclic) bond motifs is 1. The minimum absolute atomic E-state index is 0.0474. The minimum atomic E-state index is -0.964. The second-order valence-electron chi connectivity index (χ2n) is 8.60. The highest BCUT2D eigenvalue weighted by Gasteiger charge is 2.35. The molecule has 0 bridgehead atoms. The molecule has 2 N–H and O–H groups in total. The van der Waals surface area contributed by atoms with E-state index in [1.54, 1.807) is 39.8 Å². The van der Waals surface area contributed by atoms with Gasteiger partial charge in [-0.1, -0.05) is 13.8 Å². The van der Waals surface area contributed by atoms with Gasteiger partial charge in [0, 0.05) is 49.5 Å². The molecule has 0 aliphatic carbocycles. The summed E-state index contributed by atoms with van der Waals surface area (Å²) in [6.45, 7) is 4.92. The Morgan fingerprint density at radius 3 is 2.65 bits per heavy atom. The van der Waals surface area contributed by atoms with E-state index >= 15 is 0 Å². The minimum Gasteiger partial charge on any atom is -0.388 e. The summed E-state index contributed by atoms with van der Waals surface area (Å²) in [7, 11) is 1.79. The molecule has 1 aliphatic rings. The summed E-state index contributed by atoms with van der Waals surface area (Å²) in [6, 6.07) is 5.64. The number of nitrogens with zero attached hydrogens (tertiary/aromatic N) is 5. The summed E-state index contributed by atoms with van der Waals surface area (Å²) >= 11 is 0. The first-order valence-electron chi connectivity index (χ1n) is 10.5. The van der Waals surface area contributed by atoms with Gasteiger partial charge in [0.25, 0.3) is 5.91 Å². The Kier molecular flexibility index (Phi) is 5.53. The second kappa shape index (κ2) is 8.14. The van der Waals surface area contributed by atoms with Crippen LogP contribution in [-0.4, -0.2) is 59.8 Å². The maximum atomic E-state index is 12.7. The number of hydrogen-bond donors (Lipinski definition) is 2. The van der Waals surface area contributed by atoms with Crippen LogP contribution in [-0.2, 0) is 18.4 Å². The van der Waals surface area contributed by atoms with Crippen molar-refractivity contribution in [3.05, 3.63) is 42.6 Å². The molecule has 31 heavy (non-hydrogen) atoms. The molecular formula is C22H28N6O3. The molecule has 2 amide bonds. The molecule has 3 heterocycles. The monoisotopic (exact) mass is 424 g/mol. The molecule has 1 saturated heterocycles. The van der Waals surface area contributed by atoms with Crippen LogP contribution in [0.2, 0.25) is 0 Å². The van der Waals surface area contributed by atoms with Crippen LogP contribution in [0.5, 0.6) is 0 Å². The predicted molar refractivity (Wildman–Crippen MR) is 116 cm³/mol. The van der Waals surface area contributed by atoms with Crippen LogP contribution < -0.4 is 5.32 Å². The number of amides is 2. The number of carbonyl (C=O) groups excluding carboxylic acids is 2. The number of nitrogens with one attached hydrogen (secondary N) is 1. The Bertz CT molecular complexity index is 1110. The number of aliphatic hydroxyl groups is 1. The zero-order valence-corrected chi connectivity index (χ0v) is 18.1. The molecule has 0 atom stereocenters. The molecule has 4 rings (SSSR count). The molecule has 3 aromatic rings. The fraction of sp³-hybridized carbons (Fsp3) is 0.455. The van der Waals surface area contributed by atoms with E-state index in [2.05, 4.69) is 15.4 Å². The highest BCUT2D eigenvalue weighted by Crippen LogP contribution is 2.27. The van der Waals surface area contributed by atoms with E-state index in [1.807, 2.05) is 32.0 Å². The van der Waals surface area contributed by atoms with Gasteiger partial charge in [0.05, 0.1) is 23.9 Å². The average molecular weight is 425 g/mol. The zero-order chi connectivity index (χ0) is 22.2. The standard InChI is InChI=1S/C22H28N6O3/c1-15(2)20(29)25-17-5-4-16-13-24-28(18(16)12-17)14-22(31)6-9-27(10-7-22)21(30)19-23-8-11-26(19)3/h4-5,8,11-13,15,31H,6-7,9-10,14H2,1-3H3,(H,25,29). The van der Waals surface area contributed by atoms with Crippen molar-refractivity contribution in [3.63, 3.8) is 0 Å². The quantitative estimate of drug-likeness (QED) is 0.652. The molecule has 1 aromatic carbocycles. The molecule has 2 aromatic heterocycles. The van der Waals surface area contributed by atoms with E-state index in [-0.39, 0.29) is 17.7 Å². The number of hydrogen-bond acceptors (Lipinski definition) is 5. The highest BCUT2D eigenvalue weighted by molar-refractivity contribution is 5.94. The molecule has 9 nitrogen and oxygen atoms in total. The number of aryl methyl sites for hydroxylation is 1. The van der Waals surface area contributed by atoms with Gasteiger partial charge in [-0.15, -0.1) is 0 Å². The lowest BCUT2D eigenvalue weighted by Crippen LogP contribution is -2.49. The van der Waals surface area contributed by atoms with Gasteiger partial charge in [-0.3, -0.25) is 14.3 Å². The topological polar surface area (TPSA) is 105 Å². The van der Waals surface area contributed by atoms with Gasteiger partial charge >= 0.3 is 0 Å². The summed E-state index contributed by atoms with van der Waals surface area (Å²) in [5.74, 6) is 0.123. The first kappa shape index (κ1) is 21.0. The van der Waals surface area contributed by atoms with E-state index in [4.69, 9.17) is 0 Å². The van der Waals surface area contributed by atoms with Crippen LogP contribution in [0, 0.1) is 5.92 Å². The molecule has 164 valence electrons. The van der Waals surface area contributed by atoms with Crippen molar-refractivity contribution in [1.29, 1.82) is 0 Å². The molecular weight excluding hydrogens is 396 g/mol. The van der Waals surface area contributed by atoms with Crippen LogP contribution in [0.1, 0.15) is 37.3 Å². The zero-order valence-electron chi connectivity index (χ0n) is 18.1. The number of rotatable bonds is 5. The van der Waals surface area contributed by atoms with E-state index in [9.17, 15) is 14.7 Å². The summed E-state index contributed by atoms with van der Waals surface area (Å²) in [5.41, 5.74) is 0.589. The number of likely N-dealkylation sites (tertiary alicyclic amines) is 1. The smallest absolute Gasteiger partial charge is 0.289 e. The van der Waals surface area contributed by atoms with Crippen molar-refractivity contribution in [2.75, 3.05) is 18.4 Å². The number of anilines is 1. The highest BCUT2D eigenvalue weighted by atomic mass is 16.3. The molecule has 0 radical (unpaired) electrons. The van der Waals surface area contributed by atoms with E-state index in [0.717, 1.165) is 10.9 Å². The number of aromatic nitrogens is 4. The Hall–Kier alpha value is -3.20. The third-order valence-corrected chi connectivity index (χ3v) is 5.87. The number of benzene rings is 1. The summed E-state index contributed by atoms with van der Waals surface area (Å²) in [6.07, 6.45) is 6.01. The van der Waals surface area contributed by atoms with Crippen molar-refractivity contribution in [3.8, 4) is 0 Å². The molecule has 1 fully saturated rings. The molecule has 1 aliphatic heterocycles. The molecule has 0 unspecified atom stereocenters. The molecule has 9 heteroatoms. The van der Waals surface area contributed by atoms with Gasteiger partial charge in [0.1, 0.15) is 0 Å². The third-order valence-electron chi connectivity index (χ3n) is 5.87. The van der Waals surface area contributed by atoms with Crippen molar-refractivity contribution >= 4 is 28.4 Å². The van der Waals surface area contributed by atoms with Crippen molar-refractivity contribution in [2.45, 2.75) is 38.8 Å². The van der Waals surface area contributed by atoms with E-state index in [0.29, 0.717) is 44.0 Å². The van der Waals surface area contributed by atoms with Gasteiger partial charge in [-0.25, -0.2) is 4.98 Å². The van der Waals surface area contributed by atoms with Crippen molar-refractivity contribution in [1.82, 2.24) is 24.2 Å². The first-order valence-corrected chi connectivity index (χ1v) is 10.5. The largest absolute Gasteiger partial charge is 0.388 e. The van der Waals surface area contributed by atoms with E-state index < -0.39 is 5.60 Å². The van der Waals surface area contributed by atoms with Gasteiger partial charge in [0.15, 0.2) is 5.82 Å². The van der Waals surface area contributed by atoms with Crippen LogP contribution >= 0.6 is 0 Å². The fourth-order valence-electron chi connectivity index (χ4n) is 3.84. The van der Waals surface area contributed by atoms with Crippen molar-refractivity contribution < 1.29 is 14.7 Å². The Balaban J connectivity index is 1.46. The SMILES string of the molecule is CC(C)C(=O)Nc1ccc2cnn(CC3(O)CCN(C(=O)c4nccn4C)CC3)c2c1. The van der Waals surface area contributed by atoms with Crippen molar-refractivity contribution in [2.24, 2.45) is 13.0 Å². The van der Waals surface area contributed by atoms with Gasteiger partial charge in [-0.2, -0.15) is 5.10 Å². The summed E-state index contributed by atoms with van der Waals surface area (Å²) in [5, 5.41) is 19.5. The van der Waals surface area contributed by atoms with Gasteiger partial charge < -0.3 is 19.9 Å². The average Bonchev–Trinajstić information content (AvgIpc) is 3.34. The molecule has 0 spiro atoms. The maximum absolute atomic E-state index is 12.7. The maximum Gasteiger partial charge on any atom is 0.289 e. The second-order valence-corrected chi connectivity index (χ2v) is 8.60. The Labute approximate surface area is 180 Å². The van der Waals surface area contributed by atoms with Gasteiger partial charge in [0.2, 0.25) is 5.91 Å². The molecule has 0 saturated carbocycles. The van der Waals surface area contributed by atoms with Crippen LogP contribution in [0.3, 0.4) is 0 Å². The Morgan fingerprint density at radius 2 is 2.00 bits per heavy atom. The first-order chi connectivity index (χ1) is 14.8. The lowest BCUT2D eigenvalue weighted by molar-refractivity contribution is -0.118. The number of piperidine rings is 1. The lowest BCUT2D eigenvalue weighted by atomic mass is 9.91. The summed E-state index contributed by atoms with van der Waals surface area (Å²) in [4.78, 5) is 30.5. The lowest BCUT2D eigenvalue weighted by Gasteiger charge is -2.38. The Morgan fingerprint density at radius 1 is 1.26 bits per heavy atom. The number of imidazole rings is 1. The predicted octanol–water partition coefficient (Wildman–Crippen LogP) is 2.03. The number of carbonyl (C=O) groups is 2. The van der Waals surface area contributed by atoms with Crippen LogP contribution in [0.25, 0.3) is 10.9 Å².